The quantitative estimate of drug-likeness (QED) is 0.497. The normalized spacial score (nSPS) is 11.3. The highest BCUT2D eigenvalue weighted by atomic mass is 35.5. The minimum atomic E-state index is -0.714. The maximum Gasteiger partial charge on any atom is 0.338 e. The summed E-state index contributed by atoms with van der Waals surface area (Å²) in [6.45, 7) is 3.73. The van der Waals surface area contributed by atoms with Gasteiger partial charge in [0.05, 0.1) is 44.6 Å². The van der Waals surface area contributed by atoms with E-state index in [9.17, 15) is 9.59 Å². The Morgan fingerprint density at radius 1 is 1.03 bits per heavy atom. The molecule has 1 unspecified atom stereocenters. The van der Waals surface area contributed by atoms with Gasteiger partial charge in [-0.1, -0.05) is 18.5 Å². The van der Waals surface area contributed by atoms with Gasteiger partial charge >= 0.3 is 5.97 Å². The minimum absolute atomic E-state index is 0.144. The highest BCUT2D eigenvalue weighted by Gasteiger charge is 2.19. The van der Waals surface area contributed by atoms with Crippen molar-refractivity contribution in [3.05, 3.63) is 46.5 Å². The van der Waals surface area contributed by atoms with E-state index in [-0.39, 0.29) is 10.6 Å². The van der Waals surface area contributed by atoms with Crippen molar-refractivity contribution in [3.8, 4) is 23.0 Å². The van der Waals surface area contributed by atoms with E-state index < -0.39 is 24.5 Å². The number of amides is 1. The third kappa shape index (κ3) is 6.43. The highest BCUT2D eigenvalue weighted by molar-refractivity contribution is 6.32. The number of carbonyl (C=O) groups excluding carboxylic acids is 2. The first-order valence-corrected chi connectivity index (χ1v) is 10.4. The summed E-state index contributed by atoms with van der Waals surface area (Å²) in [5, 5.41) is 2.99. The van der Waals surface area contributed by atoms with Gasteiger partial charge in [0.25, 0.3) is 5.91 Å². The van der Waals surface area contributed by atoms with Crippen LogP contribution < -0.4 is 24.3 Å². The summed E-state index contributed by atoms with van der Waals surface area (Å²) in [4.78, 5) is 24.8. The van der Waals surface area contributed by atoms with Gasteiger partial charge in [-0.3, -0.25) is 4.79 Å². The average Bonchev–Trinajstić information content (AvgIpc) is 2.80. The summed E-state index contributed by atoms with van der Waals surface area (Å²) in [6.07, 6.45) is 0.790. The van der Waals surface area contributed by atoms with Crippen LogP contribution in [0.25, 0.3) is 0 Å². The molecule has 1 atom stereocenters. The lowest BCUT2D eigenvalue weighted by Gasteiger charge is -2.18. The van der Waals surface area contributed by atoms with Crippen LogP contribution in [-0.2, 0) is 9.53 Å². The molecule has 1 N–H and O–H groups in total. The van der Waals surface area contributed by atoms with Crippen molar-refractivity contribution in [2.24, 2.45) is 0 Å². The number of methoxy groups -OCH3 is 3. The molecule has 0 heterocycles. The topological polar surface area (TPSA) is 92.3 Å². The number of nitrogens with one attached hydrogen (secondary N) is 1. The lowest BCUT2D eigenvalue weighted by molar-refractivity contribution is -0.124. The fourth-order valence-corrected chi connectivity index (χ4v) is 3.20. The van der Waals surface area contributed by atoms with E-state index in [0.29, 0.717) is 29.6 Å². The van der Waals surface area contributed by atoms with Crippen molar-refractivity contribution in [2.75, 3.05) is 34.5 Å². The lowest BCUT2D eigenvalue weighted by Crippen LogP contribution is -2.31. The summed E-state index contributed by atoms with van der Waals surface area (Å²) < 4.78 is 26.5. The lowest BCUT2D eigenvalue weighted by atomic mass is 10.1. The van der Waals surface area contributed by atoms with Gasteiger partial charge < -0.3 is 29.0 Å². The molecule has 174 valence electrons. The maximum absolute atomic E-state index is 12.4. The van der Waals surface area contributed by atoms with Crippen LogP contribution >= 0.6 is 11.6 Å². The monoisotopic (exact) mass is 465 g/mol. The number of rotatable bonds is 11. The zero-order valence-electron chi connectivity index (χ0n) is 18.8. The number of esters is 1. The van der Waals surface area contributed by atoms with Crippen molar-refractivity contribution < 1.29 is 33.3 Å². The molecule has 2 rings (SSSR count). The number of carbonyl (C=O) groups is 2. The molecule has 0 aliphatic heterocycles. The molecular weight excluding hydrogens is 438 g/mol. The summed E-state index contributed by atoms with van der Waals surface area (Å²) in [6, 6.07) is 7.75. The largest absolute Gasteiger partial charge is 0.497 e. The Kier molecular flexibility index (Phi) is 9.46. The second-order valence-electron chi connectivity index (χ2n) is 6.81. The second kappa shape index (κ2) is 12.0. The molecule has 0 saturated carbocycles. The number of ether oxygens (including phenoxy) is 5. The highest BCUT2D eigenvalue weighted by Crippen LogP contribution is 2.36. The van der Waals surface area contributed by atoms with E-state index in [1.54, 1.807) is 39.3 Å². The van der Waals surface area contributed by atoms with Crippen LogP contribution in [0.15, 0.2) is 30.3 Å². The molecular formula is C23H28ClNO7. The predicted molar refractivity (Wildman–Crippen MR) is 120 cm³/mol. The van der Waals surface area contributed by atoms with Crippen LogP contribution in [0.3, 0.4) is 0 Å². The van der Waals surface area contributed by atoms with Gasteiger partial charge in [-0.2, -0.15) is 0 Å². The summed E-state index contributed by atoms with van der Waals surface area (Å²) in [5.74, 6) is 0.700. The number of hydrogen-bond donors (Lipinski definition) is 1. The fraction of sp³-hybridized carbons (Fsp3) is 0.391. The Morgan fingerprint density at radius 2 is 1.75 bits per heavy atom. The van der Waals surface area contributed by atoms with E-state index in [1.165, 1.54) is 19.2 Å². The number of halogens is 1. The standard InChI is InChI=1S/C23H28ClNO7/c1-6-9-31-22-18(24)10-15(11-20(22)30-5)23(27)32-13-21(26)25-14(2)17-12-16(28-3)7-8-19(17)29-4/h7-8,10-12,14H,6,9,13H2,1-5H3,(H,25,26). The Labute approximate surface area is 192 Å². The fourth-order valence-electron chi connectivity index (χ4n) is 2.94. The summed E-state index contributed by atoms with van der Waals surface area (Å²) in [5.41, 5.74) is 0.872. The van der Waals surface area contributed by atoms with Gasteiger partial charge in [-0.05, 0) is 43.7 Å². The van der Waals surface area contributed by atoms with Crippen molar-refractivity contribution >= 4 is 23.5 Å². The molecule has 1 amide bonds. The molecule has 0 radical (unpaired) electrons. The molecule has 9 heteroatoms. The molecule has 0 spiro atoms. The molecule has 0 saturated heterocycles. The van der Waals surface area contributed by atoms with E-state index in [0.717, 1.165) is 12.0 Å². The van der Waals surface area contributed by atoms with Crippen LogP contribution in [0.5, 0.6) is 23.0 Å². The van der Waals surface area contributed by atoms with E-state index in [2.05, 4.69) is 5.32 Å². The Hall–Kier alpha value is -3.13. The zero-order valence-corrected chi connectivity index (χ0v) is 19.6. The summed E-state index contributed by atoms with van der Waals surface area (Å²) in [7, 11) is 4.54. The molecule has 0 aliphatic rings. The van der Waals surface area contributed by atoms with Crippen molar-refractivity contribution in [2.45, 2.75) is 26.3 Å². The smallest absolute Gasteiger partial charge is 0.338 e. The van der Waals surface area contributed by atoms with Crippen LogP contribution in [0.4, 0.5) is 0 Å². The molecule has 0 bridgehead atoms. The van der Waals surface area contributed by atoms with Gasteiger partial charge in [-0.15, -0.1) is 0 Å². The minimum Gasteiger partial charge on any atom is -0.497 e. The van der Waals surface area contributed by atoms with E-state index in [1.807, 2.05) is 6.92 Å². The van der Waals surface area contributed by atoms with Gasteiger partial charge in [0.15, 0.2) is 18.1 Å². The number of hydrogen-bond acceptors (Lipinski definition) is 7. The zero-order chi connectivity index (χ0) is 23.7. The molecule has 8 nitrogen and oxygen atoms in total. The second-order valence-corrected chi connectivity index (χ2v) is 7.22. The summed E-state index contributed by atoms with van der Waals surface area (Å²) >= 11 is 6.23. The first-order chi connectivity index (χ1) is 15.3. The van der Waals surface area contributed by atoms with Crippen molar-refractivity contribution in [3.63, 3.8) is 0 Å². The Balaban J connectivity index is 2.02. The first kappa shape index (κ1) is 25.1. The van der Waals surface area contributed by atoms with Crippen molar-refractivity contribution in [1.82, 2.24) is 5.32 Å². The first-order valence-electron chi connectivity index (χ1n) is 10.0. The SMILES string of the molecule is CCCOc1c(Cl)cc(C(=O)OCC(=O)NC(C)c2cc(OC)ccc2OC)cc1OC. The Morgan fingerprint density at radius 3 is 2.38 bits per heavy atom. The van der Waals surface area contributed by atoms with Gasteiger partial charge in [0.1, 0.15) is 11.5 Å². The van der Waals surface area contributed by atoms with Gasteiger partial charge in [0, 0.05) is 5.56 Å². The molecule has 0 aliphatic carbocycles. The van der Waals surface area contributed by atoms with Crippen LogP contribution in [0.1, 0.15) is 42.2 Å². The van der Waals surface area contributed by atoms with E-state index >= 15 is 0 Å². The van der Waals surface area contributed by atoms with Gasteiger partial charge in [0.2, 0.25) is 0 Å². The number of benzene rings is 2. The average molecular weight is 466 g/mol. The van der Waals surface area contributed by atoms with Gasteiger partial charge in [-0.25, -0.2) is 4.79 Å². The predicted octanol–water partition coefficient (Wildman–Crippen LogP) is 4.19. The van der Waals surface area contributed by atoms with Crippen LogP contribution in [-0.4, -0.2) is 46.4 Å². The molecule has 0 aromatic heterocycles. The third-order valence-electron chi connectivity index (χ3n) is 4.53. The molecule has 32 heavy (non-hydrogen) atoms. The molecule has 0 fully saturated rings. The molecule has 2 aromatic carbocycles. The molecule has 2 aromatic rings. The van der Waals surface area contributed by atoms with Crippen molar-refractivity contribution in [1.29, 1.82) is 0 Å². The third-order valence-corrected chi connectivity index (χ3v) is 4.81. The van der Waals surface area contributed by atoms with E-state index in [4.69, 9.17) is 35.3 Å². The maximum atomic E-state index is 12.4. The van der Waals surface area contributed by atoms with Crippen LogP contribution in [0, 0.1) is 0 Å². The van der Waals surface area contributed by atoms with Crippen LogP contribution in [0.2, 0.25) is 5.02 Å². The Bertz CT molecular complexity index is 948.